The Labute approximate surface area is 93.4 Å². The molecule has 5 nitrogen and oxygen atoms in total. The predicted molar refractivity (Wildman–Crippen MR) is 53.9 cm³/mol. The van der Waals surface area contributed by atoms with Gasteiger partial charge in [-0.15, -0.1) is 0 Å². The molecule has 1 saturated carbocycles. The number of nitrogens with zero attached hydrogens (tertiary/aromatic N) is 3. The number of hydrogen-bond acceptors (Lipinski definition) is 5. The number of rotatable bonds is 1. The molecule has 0 aliphatic heterocycles. The lowest BCUT2D eigenvalue weighted by Gasteiger charge is -2.20. The Bertz CT molecular complexity index is 474. The molecule has 80 valence electrons. The fourth-order valence-corrected chi connectivity index (χ4v) is 2.04. The lowest BCUT2D eigenvalue weighted by atomic mass is 9.79. The van der Waals surface area contributed by atoms with Crippen molar-refractivity contribution < 1.29 is 4.79 Å². The molecule has 0 bridgehead atoms. The van der Waals surface area contributed by atoms with Crippen molar-refractivity contribution in [1.29, 1.82) is 21.2 Å². The Morgan fingerprint density at radius 1 is 1.44 bits per heavy atom. The molecule has 0 radical (unpaired) electrons. The summed E-state index contributed by atoms with van der Waals surface area (Å²) in [6, 6.07) is 5.38. The van der Waals surface area contributed by atoms with E-state index in [1.807, 2.05) is 0 Å². The first-order chi connectivity index (χ1) is 7.38. The maximum absolute atomic E-state index is 11.5. The monoisotopic (exact) mass is 214 g/mol. The molecule has 0 unspecified atom stereocenters. The Morgan fingerprint density at radius 2 is 1.94 bits per heavy atom. The fraction of sp³-hybridized carbons (Fsp3) is 0.545. The molecule has 0 spiro atoms. The molecule has 0 saturated heterocycles. The highest BCUT2D eigenvalue weighted by Gasteiger charge is 2.60. The van der Waals surface area contributed by atoms with Gasteiger partial charge in [-0.1, -0.05) is 0 Å². The van der Waals surface area contributed by atoms with Gasteiger partial charge in [-0.25, -0.2) is 0 Å². The number of Topliss-reactive ketones (excluding diaryl/α,β-unsaturated/α-hetero) is 1. The molecular formula is C11H10N4O. The highest BCUT2D eigenvalue weighted by molar-refractivity contribution is 6.11. The Morgan fingerprint density at radius 3 is 2.19 bits per heavy atom. The summed E-state index contributed by atoms with van der Waals surface area (Å²) in [7, 11) is 0. The van der Waals surface area contributed by atoms with E-state index < -0.39 is 16.7 Å². The van der Waals surface area contributed by atoms with Crippen molar-refractivity contribution in [2.75, 3.05) is 0 Å². The lowest BCUT2D eigenvalue weighted by molar-refractivity contribution is -0.122. The maximum Gasteiger partial charge on any atom is 0.166 e. The Kier molecular flexibility index (Phi) is 2.55. The third kappa shape index (κ3) is 1.21. The van der Waals surface area contributed by atoms with Crippen LogP contribution in [-0.2, 0) is 4.79 Å². The van der Waals surface area contributed by atoms with Crippen LogP contribution in [0.4, 0.5) is 0 Å². The standard InChI is InChI=1S/C11H10N4O/c1-7(16)10(2)4-11(5-13,6-14)8(3-12)9(10)15/h8,15H,4H2,1-2H3/t8-,10-/m1/s1. The summed E-state index contributed by atoms with van der Waals surface area (Å²) < 4.78 is 0. The van der Waals surface area contributed by atoms with Gasteiger partial charge in [0.2, 0.25) is 0 Å². The maximum atomic E-state index is 11.5. The first kappa shape index (κ1) is 11.9. The molecule has 0 aromatic carbocycles. The van der Waals surface area contributed by atoms with Crippen LogP contribution in [-0.4, -0.2) is 11.5 Å². The molecule has 1 aliphatic rings. The van der Waals surface area contributed by atoms with Crippen molar-refractivity contribution >= 4 is 11.5 Å². The molecule has 1 fully saturated rings. The molecular weight excluding hydrogens is 204 g/mol. The minimum atomic E-state index is -1.56. The number of hydrogen-bond donors (Lipinski definition) is 1. The van der Waals surface area contributed by atoms with Crippen LogP contribution in [0.25, 0.3) is 0 Å². The number of carbonyl (C=O) groups is 1. The van der Waals surface area contributed by atoms with Crippen LogP contribution in [0.5, 0.6) is 0 Å². The zero-order valence-electron chi connectivity index (χ0n) is 9.03. The number of nitriles is 3. The third-order valence-corrected chi connectivity index (χ3v) is 3.31. The second-order valence-corrected chi connectivity index (χ2v) is 4.24. The summed E-state index contributed by atoms with van der Waals surface area (Å²) in [5, 5.41) is 34.8. The number of nitrogens with one attached hydrogen (secondary N) is 1. The van der Waals surface area contributed by atoms with Crippen LogP contribution in [0.1, 0.15) is 20.3 Å². The van der Waals surface area contributed by atoms with Crippen LogP contribution in [0.15, 0.2) is 0 Å². The van der Waals surface area contributed by atoms with Crippen molar-refractivity contribution in [1.82, 2.24) is 0 Å². The van der Waals surface area contributed by atoms with Crippen molar-refractivity contribution in [2.24, 2.45) is 16.7 Å². The molecule has 0 heterocycles. The highest BCUT2D eigenvalue weighted by atomic mass is 16.1. The minimum absolute atomic E-state index is 0.0700. The SMILES string of the molecule is CC(=O)[C@@]1(C)CC(C#N)(C#N)[C@H](C#N)C1=N. The van der Waals surface area contributed by atoms with Crippen molar-refractivity contribution in [3.05, 3.63) is 0 Å². The van der Waals surface area contributed by atoms with E-state index in [4.69, 9.17) is 21.2 Å². The average molecular weight is 214 g/mol. The van der Waals surface area contributed by atoms with E-state index >= 15 is 0 Å². The van der Waals surface area contributed by atoms with Gasteiger partial charge in [0.15, 0.2) is 5.41 Å². The molecule has 0 amide bonds. The van der Waals surface area contributed by atoms with Gasteiger partial charge in [-0.3, -0.25) is 4.79 Å². The molecule has 1 rings (SSSR count). The van der Waals surface area contributed by atoms with Crippen LogP contribution in [0, 0.1) is 56.2 Å². The van der Waals surface area contributed by atoms with E-state index in [1.165, 1.54) is 13.8 Å². The smallest absolute Gasteiger partial charge is 0.166 e. The summed E-state index contributed by atoms with van der Waals surface area (Å²) in [5.41, 5.74) is -2.84. The van der Waals surface area contributed by atoms with Gasteiger partial charge in [-0.05, 0) is 20.3 Å². The van der Waals surface area contributed by atoms with E-state index in [0.717, 1.165) is 0 Å². The number of carbonyl (C=O) groups excluding carboxylic acids is 1. The van der Waals surface area contributed by atoms with E-state index in [1.54, 1.807) is 18.2 Å². The van der Waals surface area contributed by atoms with Gasteiger partial charge < -0.3 is 5.41 Å². The second-order valence-electron chi connectivity index (χ2n) is 4.24. The highest BCUT2D eigenvalue weighted by Crippen LogP contribution is 2.50. The first-order valence-electron chi connectivity index (χ1n) is 4.70. The summed E-state index contributed by atoms with van der Waals surface area (Å²) in [5.74, 6) is -1.40. The zero-order chi connectivity index (χ0) is 12.6. The van der Waals surface area contributed by atoms with Crippen LogP contribution in [0.3, 0.4) is 0 Å². The van der Waals surface area contributed by atoms with Crippen LogP contribution < -0.4 is 0 Å². The molecule has 0 aromatic rings. The minimum Gasteiger partial charge on any atom is -0.307 e. The second kappa shape index (κ2) is 3.43. The number of ketones is 1. The van der Waals surface area contributed by atoms with Gasteiger partial charge >= 0.3 is 0 Å². The van der Waals surface area contributed by atoms with Crippen molar-refractivity contribution in [3.8, 4) is 18.2 Å². The Hall–Kier alpha value is -2.19. The lowest BCUT2D eigenvalue weighted by Crippen LogP contribution is -2.31. The third-order valence-electron chi connectivity index (χ3n) is 3.31. The molecule has 1 N–H and O–H groups in total. The molecule has 0 aromatic heterocycles. The molecule has 5 heteroatoms. The summed E-state index contributed by atoms with van der Waals surface area (Å²) in [6.45, 7) is 2.83. The van der Waals surface area contributed by atoms with E-state index in [-0.39, 0.29) is 17.9 Å². The fourth-order valence-electron chi connectivity index (χ4n) is 2.04. The molecule has 16 heavy (non-hydrogen) atoms. The van der Waals surface area contributed by atoms with Gasteiger partial charge in [-0.2, -0.15) is 15.8 Å². The summed E-state index contributed by atoms with van der Waals surface area (Å²) in [6.07, 6.45) is -0.0700. The van der Waals surface area contributed by atoms with Gasteiger partial charge in [0, 0.05) is 5.71 Å². The topological polar surface area (TPSA) is 112 Å². The predicted octanol–water partition coefficient (Wildman–Crippen LogP) is 1.18. The van der Waals surface area contributed by atoms with Gasteiger partial charge in [0.1, 0.15) is 11.7 Å². The van der Waals surface area contributed by atoms with Crippen LogP contribution >= 0.6 is 0 Å². The quantitative estimate of drug-likeness (QED) is 0.705. The van der Waals surface area contributed by atoms with E-state index in [0.29, 0.717) is 0 Å². The van der Waals surface area contributed by atoms with E-state index in [2.05, 4.69) is 0 Å². The normalized spacial score (nSPS) is 31.2. The van der Waals surface area contributed by atoms with E-state index in [9.17, 15) is 4.79 Å². The summed E-state index contributed by atoms with van der Waals surface area (Å²) in [4.78, 5) is 11.5. The van der Waals surface area contributed by atoms with Crippen molar-refractivity contribution in [2.45, 2.75) is 20.3 Å². The van der Waals surface area contributed by atoms with Gasteiger partial charge in [0.05, 0.1) is 23.6 Å². The summed E-state index contributed by atoms with van der Waals surface area (Å²) >= 11 is 0. The zero-order valence-corrected chi connectivity index (χ0v) is 9.03. The Balaban J connectivity index is 3.41. The average Bonchev–Trinajstić information content (AvgIpc) is 2.49. The first-order valence-corrected chi connectivity index (χ1v) is 4.70. The molecule has 2 atom stereocenters. The van der Waals surface area contributed by atoms with Crippen LogP contribution in [0.2, 0.25) is 0 Å². The largest absolute Gasteiger partial charge is 0.307 e. The van der Waals surface area contributed by atoms with Gasteiger partial charge in [0.25, 0.3) is 0 Å². The molecule has 1 aliphatic carbocycles. The van der Waals surface area contributed by atoms with Crippen molar-refractivity contribution in [3.63, 3.8) is 0 Å².